The third kappa shape index (κ3) is 4.46. The second-order valence-corrected chi connectivity index (χ2v) is 9.22. The average Bonchev–Trinajstić information content (AvgIpc) is 3.35. The van der Waals surface area contributed by atoms with Crippen molar-refractivity contribution in [1.29, 1.82) is 0 Å². The first-order valence-corrected chi connectivity index (χ1v) is 11.5. The SMILES string of the molecule is CN1C(=O)c2cc(C(=O)NC[C@@H]3CCCO3)nn2C[C@@]1(C)C(=O)NC1CCCCCC1. The van der Waals surface area contributed by atoms with Crippen molar-refractivity contribution in [2.45, 2.75) is 82.5 Å². The Morgan fingerprint density at radius 3 is 2.61 bits per heavy atom. The van der Waals surface area contributed by atoms with E-state index >= 15 is 0 Å². The summed E-state index contributed by atoms with van der Waals surface area (Å²) in [7, 11) is 1.64. The molecule has 3 heterocycles. The van der Waals surface area contributed by atoms with Crippen LogP contribution in [0, 0.1) is 0 Å². The Morgan fingerprint density at radius 1 is 1.19 bits per heavy atom. The van der Waals surface area contributed by atoms with Crippen molar-refractivity contribution < 1.29 is 19.1 Å². The molecule has 0 unspecified atom stereocenters. The lowest BCUT2D eigenvalue weighted by Crippen LogP contribution is -2.63. The number of amides is 3. The Kier molecular flexibility index (Phi) is 6.31. The molecule has 1 saturated carbocycles. The lowest BCUT2D eigenvalue weighted by atomic mass is 9.95. The number of aromatic nitrogens is 2. The van der Waals surface area contributed by atoms with Crippen molar-refractivity contribution in [1.82, 2.24) is 25.3 Å². The predicted molar refractivity (Wildman–Crippen MR) is 114 cm³/mol. The maximum Gasteiger partial charge on any atom is 0.272 e. The topological polar surface area (TPSA) is 106 Å². The van der Waals surface area contributed by atoms with Gasteiger partial charge in [0.1, 0.15) is 11.2 Å². The summed E-state index contributed by atoms with van der Waals surface area (Å²) in [6.07, 6.45) is 8.55. The molecule has 1 saturated heterocycles. The minimum atomic E-state index is -1.06. The molecule has 0 bridgehead atoms. The van der Waals surface area contributed by atoms with E-state index in [0.29, 0.717) is 12.2 Å². The standard InChI is InChI=1S/C22H33N5O4/c1-22(21(30)24-15-8-5-3-4-6-9-15)14-27-18(20(29)26(22)2)12-17(25-27)19(28)23-13-16-10-7-11-31-16/h12,15-16H,3-11,13-14H2,1-2H3,(H,23,28)(H,24,30)/t16-,22-/m0/s1. The van der Waals surface area contributed by atoms with E-state index in [1.54, 1.807) is 14.0 Å². The molecule has 2 N–H and O–H groups in total. The number of fused-ring (bicyclic) bond motifs is 1. The molecule has 0 radical (unpaired) electrons. The van der Waals surface area contributed by atoms with Gasteiger partial charge < -0.3 is 20.3 Å². The highest BCUT2D eigenvalue weighted by molar-refractivity contribution is 6.01. The van der Waals surface area contributed by atoms with Crippen molar-refractivity contribution in [3.05, 3.63) is 17.5 Å². The highest BCUT2D eigenvalue weighted by Crippen LogP contribution is 2.27. The Hall–Kier alpha value is -2.42. The molecule has 3 aliphatic rings. The van der Waals surface area contributed by atoms with Gasteiger partial charge in [0, 0.05) is 32.3 Å². The zero-order valence-corrected chi connectivity index (χ0v) is 18.5. The van der Waals surface area contributed by atoms with Crippen LogP contribution in [-0.2, 0) is 16.1 Å². The van der Waals surface area contributed by atoms with Crippen molar-refractivity contribution in [3.8, 4) is 0 Å². The first kappa shape index (κ1) is 21.8. The number of rotatable bonds is 5. The summed E-state index contributed by atoms with van der Waals surface area (Å²) in [5, 5.41) is 10.4. The fraction of sp³-hybridized carbons (Fsp3) is 0.727. The molecule has 1 aromatic heterocycles. The third-order valence-corrected chi connectivity index (χ3v) is 6.93. The molecule has 31 heavy (non-hydrogen) atoms. The van der Waals surface area contributed by atoms with Gasteiger partial charge in [-0.2, -0.15) is 5.10 Å². The average molecular weight is 432 g/mol. The fourth-order valence-electron chi connectivity index (χ4n) is 4.71. The summed E-state index contributed by atoms with van der Waals surface area (Å²) in [6, 6.07) is 1.65. The van der Waals surface area contributed by atoms with E-state index in [4.69, 9.17) is 4.74 Å². The number of nitrogens with one attached hydrogen (secondary N) is 2. The van der Waals surface area contributed by atoms with E-state index in [-0.39, 0.29) is 42.1 Å². The molecular formula is C22H33N5O4. The lowest BCUT2D eigenvalue weighted by Gasteiger charge is -2.41. The Morgan fingerprint density at radius 2 is 1.94 bits per heavy atom. The largest absolute Gasteiger partial charge is 0.376 e. The lowest BCUT2D eigenvalue weighted by molar-refractivity contribution is -0.133. The quantitative estimate of drug-likeness (QED) is 0.687. The Bertz CT molecular complexity index is 839. The highest BCUT2D eigenvalue weighted by Gasteiger charge is 2.46. The van der Waals surface area contributed by atoms with Crippen LogP contribution in [0.2, 0.25) is 0 Å². The summed E-state index contributed by atoms with van der Waals surface area (Å²) in [6.45, 7) is 3.12. The summed E-state index contributed by atoms with van der Waals surface area (Å²) >= 11 is 0. The van der Waals surface area contributed by atoms with Gasteiger partial charge in [-0.05, 0) is 32.6 Å². The van der Waals surface area contributed by atoms with Crippen LogP contribution >= 0.6 is 0 Å². The van der Waals surface area contributed by atoms with E-state index < -0.39 is 5.54 Å². The van der Waals surface area contributed by atoms with Crippen LogP contribution in [0.4, 0.5) is 0 Å². The van der Waals surface area contributed by atoms with Gasteiger partial charge in [0.2, 0.25) is 5.91 Å². The maximum absolute atomic E-state index is 13.2. The highest BCUT2D eigenvalue weighted by atomic mass is 16.5. The zero-order chi connectivity index (χ0) is 22.0. The first-order valence-electron chi connectivity index (χ1n) is 11.5. The summed E-state index contributed by atoms with van der Waals surface area (Å²) in [5.74, 6) is -0.811. The minimum Gasteiger partial charge on any atom is -0.376 e. The number of ether oxygens (including phenoxy) is 1. The minimum absolute atomic E-state index is 0.0323. The Labute approximate surface area is 182 Å². The van der Waals surface area contributed by atoms with Gasteiger partial charge in [-0.1, -0.05) is 25.7 Å². The van der Waals surface area contributed by atoms with Crippen LogP contribution in [-0.4, -0.2) is 70.3 Å². The molecule has 0 spiro atoms. The van der Waals surface area contributed by atoms with Crippen LogP contribution in [0.15, 0.2) is 6.07 Å². The molecular weight excluding hydrogens is 398 g/mol. The van der Waals surface area contributed by atoms with E-state index in [2.05, 4.69) is 15.7 Å². The zero-order valence-electron chi connectivity index (χ0n) is 18.5. The molecule has 9 heteroatoms. The molecule has 9 nitrogen and oxygen atoms in total. The Balaban J connectivity index is 1.46. The van der Waals surface area contributed by atoms with Crippen LogP contribution in [0.3, 0.4) is 0 Å². The van der Waals surface area contributed by atoms with Crippen LogP contribution in [0.25, 0.3) is 0 Å². The normalized spacial score (nSPS) is 27.0. The van der Waals surface area contributed by atoms with E-state index in [9.17, 15) is 14.4 Å². The van der Waals surface area contributed by atoms with Gasteiger partial charge in [0.25, 0.3) is 11.8 Å². The van der Waals surface area contributed by atoms with E-state index in [1.807, 2.05) is 0 Å². The maximum atomic E-state index is 13.2. The van der Waals surface area contributed by atoms with Crippen molar-refractivity contribution in [3.63, 3.8) is 0 Å². The molecule has 2 atom stereocenters. The van der Waals surface area contributed by atoms with Crippen molar-refractivity contribution in [2.75, 3.05) is 20.2 Å². The number of hydrogen-bond donors (Lipinski definition) is 2. The fourth-order valence-corrected chi connectivity index (χ4v) is 4.71. The first-order chi connectivity index (χ1) is 14.9. The van der Waals surface area contributed by atoms with Gasteiger partial charge in [-0.3, -0.25) is 19.1 Å². The smallest absolute Gasteiger partial charge is 0.272 e. The van der Waals surface area contributed by atoms with Crippen LogP contribution in [0.1, 0.15) is 79.3 Å². The molecule has 1 aliphatic carbocycles. The monoisotopic (exact) mass is 431 g/mol. The van der Waals surface area contributed by atoms with Gasteiger partial charge >= 0.3 is 0 Å². The van der Waals surface area contributed by atoms with Crippen LogP contribution in [0.5, 0.6) is 0 Å². The number of nitrogens with zero attached hydrogens (tertiary/aromatic N) is 3. The number of hydrogen-bond acceptors (Lipinski definition) is 5. The predicted octanol–water partition coefficient (Wildman–Crippen LogP) is 1.48. The molecule has 170 valence electrons. The summed E-state index contributed by atoms with van der Waals surface area (Å²) in [4.78, 5) is 40.3. The van der Waals surface area contributed by atoms with Crippen LogP contribution < -0.4 is 10.6 Å². The second kappa shape index (κ2) is 8.98. The number of carbonyl (C=O) groups excluding carboxylic acids is 3. The van der Waals surface area contributed by atoms with Gasteiger partial charge in [0.05, 0.1) is 12.6 Å². The van der Waals surface area contributed by atoms with Gasteiger partial charge in [-0.15, -0.1) is 0 Å². The third-order valence-electron chi connectivity index (χ3n) is 6.93. The molecule has 1 aromatic rings. The summed E-state index contributed by atoms with van der Waals surface area (Å²) < 4.78 is 7.03. The van der Waals surface area contributed by atoms with E-state index in [1.165, 1.54) is 28.5 Å². The van der Waals surface area contributed by atoms with Gasteiger partial charge in [0.15, 0.2) is 5.69 Å². The van der Waals surface area contributed by atoms with Crippen molar-refractivity contribution >= 4 is 17.7 Å². The molecule has 0 aromatic carbocycles. The van der Waals surface area contributed by atoms with E-state index in [0.717, 1.165) is 45.1 Å². The van der Waals surface area contributed by atoms with Crippen molar-refractivity contribution in [2.24, 2.45) is 0 Å². The molecule has 2 fully saturated rings. The van der Waals surface area contributed by atoms with Gasteiger partial charge in [-0.25, -0.2) is 0 Å². The number of likely N-dealkylation sites (N-methyl/N-ethyl adjacent to an activating group) is 1. The second-order valence-electron chi connectivity index (χ2n) is 9.22. The summed E-state index contributed by atoms with van der Waals surface area (Å²) in [5.41, 5.74) is -0.555. The molecule has 3 amide bonds. The molecule has 2 aliphatic heterocycles. The number of carbonyl (C=O) groups is 3. The molecule has 4 rings (SSSR count).